The summed E-state index contributed by atoms with van der Waals surface area (Å²) in [6, 6.07) is 10.7. The summed E-state index contributed by atoms with van der Waals surface area (Å²) in [6.45, 7) is 4.83. The lowest BCUT2D eigenvalue weighted by atomic mass is 10.0. The molecule has 0 aliphatic heterocycles. The minimum atomic E-state index is -0.324. The van der Waals surface area contributed by atoms with E-state index in [0.717, 1.165) is 16.9 Å². The van der Waals surface area contributed by atoms with Crippen LogP contribution in [0.5, 0.6) is 5.75 Å². The van der Waals surface area contributed by atoms with Gasteiger partial charge in [0.05, 0.1) is 7.11 Å². The lowest BCUT2D eigenvalue weighted by Gasteiger charge is -2.14. The van der Waals surface area contributed by atoms with Gasteiger partial charge in [-0.25, -0.2) is 4.39 Å². The van der Waals surface area contributed by atoms with Crippen LogP contribution in [0, 0.1) is 5.82 Å². The molecule has 0 aliphatic rings. The van der Waals surface area contributed by atoms with E-state index in [4.69, 9.17) is 16.3 Å². The number of benzene rings is 2. The van der Waals surface area contributed by atoms with Gasteiger partial charge in [-0.2, -0.15) is 0 Å². The molecule has 0 saturated heterocycles. The van der Waals surface area contributed by atoms with Gasteiger partial charge in [0.15, 0.2) is 0 Å². The van der Waals surface area contributed by atoms with Crippen LogP contribution in [-0.4, -0.2) is 13.2 Å². The lowest BCUT2D eigenvalue weighted by Crippen LogP contribution is -2.22. The van der Waals surface area contributed by atoms with Crippen LogP contribution in [0.15, 0.2) is 36.4 Å². The Morgan fingerprint density at radius 3 is 2.57 bits per heavy atom. The highest BCUT2D eigenvalue weighted by Gasteiger charge is 2.10. The van der Waals surface area contributed by atoms with Crippen LogP contribution in [-0.2, 0) is 6.54 Å². The van der Waals surface area contributed by atoms with Gasteiger partial charge in [-0.05, 0) is 35.9 Å². The molecule has 0 saturated carbocycles. The largest absolute Gasteiger partial charge is 0.496 e. The Balaban J connectivity index is 2.38. The highest BCUT2D eigenvalue weighted by atomic mass is 35.5. The zero-order valence-corrected chi connectivity index (χ0v) is 13.2. The summed E-state index contributed by atoms with van der Waals surface area (Å²) in [5, 5.41) is 3.74. The van der Waals surface area contributed by atoms with Crippen LogP contribution in [0.2, 0.25) is 5.02 Å². The topological polar surface area (TPSA) is 21.3 Å². The highest BCUT2D eigenvalue weighted by Crippen LogP contribution is 2.29. The van der Waals surface area contributed by atoms with Gasteiger partial charge in [-0.15, -0.1) is 0 Å². The van der Waals surface area contributed by atoms with Gasteiger partial charge < -0.3 is 10.1 Å². The number of nitrogens with one attached hydrogen (secondary N) is 1. The fraction of sp³-hybridized carbons (Fsp3) is 0.294. The molecule has 21 heavy (non-hydrogen) atoms. The van der Waals surface area contributed by atoms with E-state index in [9.17, 15) is 4.39 Å². The van der Waals surface area contributed by atoms with Crippen LogP contribution < -0.4 is 10.1 Å². The molecule has 0 radical (unpaired) electrons. The molecular formula is C17H19ClFNO. The van der Waals surface area contributed by atoms with E-state index in [1.807, 2.05) is 18.2 Å². The van der Waals surface area contributed by atoms with Crippen molar-refractivity contribution in [3.8, 4) is 16.9 Å². The van der Waals surface area contributed by atoms with Crippen molar-refractivity contribution in [1.82, 2.24) is 5.32 Å². The van der Waals surface area contributed by atoms with Crippen molar-refractivity contribution >= 4 is 11.6 Å². The van der Waals surface area contributed by atoms with Crippen molar-refractivity contribution in [3.63, 3.8) is 0 Å². The molecule has 2 aromatic rings. The van der Waals surface area contributed by atoms with Gasteiger partial charge in [-0.1, -0.05) is 31.5 Å². The third-order valence-corrected chi connectivity index (χ3v) is 3.46. The molecule has 0 amide bonds. The van der Waals surface area contributed by atoms with Gasteiger partial charge in [0, 0.05) is 28.7 Å². The molecule has 112 valence electrons. The lowest BCUT2D eigenvalue weighted by molar-refractivity contribution is 0.406. The maximum atomic E-state index is 14.0. The number of ether oxygens (including phenoxy) is 1. The van der Waals surface area contributed by atoms with Crippen molar-refractivity contribution in [2.24, 2.45) is 0 Å². The average molecular weight is 308 g/mol. The molecule has 0 aliphatic carbocycles. The van der Waals surface area contributed by atoms with E-state index in [-0.39, 0.29) is 5.82 Å². The predicted molar refractivity (Wildman–Crippen MR) is 85.4 cm³/mol. The van der Waals surface area contributed by atoms with E-state index in [0.29, 0.717) is 23.2 Å². The smallest absolute Gasteiger partial charge is 0.132 e. The standard InChI is InChI=1S/C17H19ClFNO/c1-11(2)20-10-13-8-12(4-7-17(13)21-3)15-6-5-14(18)9-16(15)19/h4-9,11,20H,10H2,1-3H3. The monoisotopic (exact) mass is 307 g/mol. The number of hydrogen-bond acceptors (Lipinski definition) is 2. The van der Waals surface area contributed by atoms with E-state index in [2.05, 4.69) is 19.2 Å². The number of methoxy groups -OCH3 is 1. The molecule has 0 fully saturated rings. The second-order valence-corrected chi connectivity index (χ2v) is 5.62. The van der Waals surface area contributed by atoms with Crippen molar-refractivity contribution in [2.75, 3.05) is 7.11 Å². The van der Waals surface area contributed by atoms with E-state index >= 15 is 0 Å². The Labute approximate surface area is 129 Å². The summed E-state index contributed by atoms with van der Waals surface area (Å²) in [5.74, 6) is 0.469. The summed E-state index contributed by atoms with van der Waals surface area (Å²) in [5.41, 5.74) is 2.34. The Kier molecular flexibility index (Phi) is 5.21. The molecular weight excluding hydrogens is 289 g/mol. The first-order chi connectivity index (χ1) is 10.0. The van der Waals surface area contributed by atoms with E-state index in [1.165, 1.54) is 6.07 Å². The van der Waals surface area contributed by atoms with Crippen molar-refractivity contribution < 1.29 is 9.13 Å². The van der Waals surface area contributed by atoms with Gasteiger partial charge in [0.2, 0.25) is 0 Å². The Morgan fingerprint density at radius 1 is 1.19 bits per heavy atom. The zero-order chi connectivity index (χ0) is 15.4. The van der Waals surface area contributed by atoms with Crippen molar-refractivity contribution in [3.05, 3.63) is 52.8 Å². The molecule has 1 N–H and O–H groups in total. The highest BCUT2D eigenvalue weighted by molar-refractivity contribution is 6.30. The van der Waals surface area contributed by atoms with Gasteiger partial charge in [-0.3, -0.25) is 0 Å². The minimum absolute atomic E-state index is 0.324. The first-order valence-electron chi connectivity index (χ1n) is 6.87. The SMILES string of the molecule is COc1ccc(-c2ccc(Cl)cc2F)cc1CNC(C)C. The van der Waals surface area contributed by atoms with Crippen LogP contribution in [0.25, 0.3) is 11.1 Å². The van der Waals surface area contributed by atoms with Crippen LogP contribution in [0.3, 0.4) is 0 Å². The van der Waals surface area contributed by atoms with Crippen LogP contribution in [0.1, 0.15) is 19.4 Å². The van der Waals surface area contributed by atoms with Gasteiger partial charge in [0.1, 0.15) is 11.6 Å². The molecule has 4 heteroatoms. The quantitative estimate of drug-likeness (QED) is 0.868. The summed E-state index contributed by atoms with van der Waals surface area (Å²) >= 11 is 5.80. The average Bonchev–Trinajstić information content (AvgIpc) is 2.45. The summed E-state index contributed by atoms with van der Waals surface area (Å²) in [4.78, 5) is 0. The summed E-state index contributed by atoms with van der Waals surface area (Å²) < 4.78 is 19.4. The molecule has 0 spiro atoms. The molecule has 0 atom stereocenters. The third kappa shape index (κ3) is 3.96. The fourth-order valence-electron chi connectivity index (χ4n) is 2.12. The summed E-state index contributed by atoms with van der Waals surface area (Å²) in [6.07, 6.45) is 0. The molecule has 0 aromatic heterocycles. The Bertz CT molecular complexity index is 628. The molecule has 2 nitrogen and oxygen atoms in total. The minimum Gasteiger partial charge on any atom is -0.496 e. The normalized spacial score (nSPS) is 11.0. The molecule has 0 bridgehead atoms. The predicted octanol–water partition coefficient (Wildman–Crippen LogP) is 4.65. The second-order valence-electron chi connectivity index (χ2n) is 5.19. The fourth-order valence-corrected chi connectivity index (χ4v) is 2.28. The van der Waals surface area contributed by atoms with Crippen LogP contribution >= 0.6 is 11.6 Å². The molecule has 0 heterocycles. The van der Waals surface area contributed by atoms with E-state index in [1.54, 1.807) is 19.2 Å². The second kappa shape index (κ2) is 6.92. The zero-order valence-electron chi connectivity index (χ0n) is 12.4. The van der Waals surface area contributed by atoms with Crippen molar-refractivity contribution in [2.45, 2.75) is 26.4 Å². The van der Waals surface area contributed by atoms with Crippen molar-refractivity contribution in [1.29, 1.82) is 0 Å². The Morgan fingerprint density at radius 2 is 1.95 bits per heavy atom. The van der Waals surface area contributed by atoms with E-state index < -0.39 is 0 Å². The molecule has 0 unspecified atom stereocenters. The first-order valence-corrected chi connectivity index (χ1v) is 7.24. The maximum absolute atomic E-state index is 14.0. The molecule has 2 aromatic carbocycles. The number of halogens is 2. The Hall–Kier alpha value is -1.58. The number of hydrogen-bond donors (Lipinski definition) is 1. The number of rotatable bonds is 5. The summed E-state index contributed by atoms with van der Waals surface area (Å²) in [7, 11) is 1.64. The van der Waals surface area contributed by atoms with Gasteiger partial charge in [0.25, 0.3) is 0 Å². The third-order valence-electron chi connectivity index (χ3n) is 3.22. The molecule has 2 rings (SSSR count). The van der Waals surface area contributed by atoms with Crippen LogP contribution in [0.4, 0.5) is 4.39 Å². The maximum Gasteiger partial charge on any atom is 0.132 e. The van der Waals surface area contributed by atoms with Gasteiger partial charge >= 0.3 is 0 Å². The first kappa shape index (κ1) is 15.8.